The van der Waals surface area contributed by atoms with Gasteiger partial charge in [0.05, 0.1) is 5.60 Å². The Balaban J connectivity index is 1.97. The van der Waals surface area contributed by atoms with Gasteiger partial charge in [-0.05, 0) is 25.8 Å². The highest BCUT2D eigenvalue weighted by atomic mass is 16.5. The molecule has 1 aliphatic carbocycles. The van der Waals surface area contributed by atoms with E-state index in [1.165, 1.54) is 32.1 Å². The van der Waals surface area contributed by atoms with E-state index in [-0.39, 0.29) is 5.60 Å². The fraction of sp³-hybridized carbons (Fsp3) is 1.00. The van der Waals surface area contributed by atoms with Gasteiger partial charge in [-0.3, -0.25) is 0 Å². The molecule has 2 nitrogen and oxygen atoms in total. The minimum atomic E-state index is 0.247. The molecule has 0 aromatic carbocycles. The first-order valence-corrected chi connectivity index (χ1v) is 4.76. The van der Waals surface area contributed by atoms with E-state index in [1.807, 2.05) is 0 Å². The molecule has 0 atom stereocenters. The summed E-state index contributed by atoms with van der Waals surface area (Å²) in [5.74, 6) is 0. The molecule has 1 aliphatic heterocycles. The maximum atomic E-state index is 5.89. The van der Waals surface area contributed by atoms with Gasteiger partial charge in [-0.1, -0.05) is 12.8 Å². The summed E-state index contributed by atoms with van der Waals surface area (Å²) < 4.78 is 5.89. The van der Waals surface area contributed by atoms with E-state index in [9.17, 15) is 0 Å². The third-order valence-electron chi connectivity index (χ3n) is 2.87. The normalized spacial score (nSPS) is 30.5. The van der Waals surface area contributed by atoms with Gasteiger partial charge in [0.25, 0.3) is 0 Å². The van der Waals surface area contributed by atoms with Gasteiger partial charge < -0.3 is 10.1 Å². The number of rotatable bonds is 0. The van der Waals surface area contributed by atoms with Gasteiger partial charge >= 0.3 is 0 Å². The lowest BCUT2D eigenvalue weighted by Gasteiger charge is -2.26. The Labute approximate surface area is 68.3 Å². The number of nitrogens with one attached hydrogen (secondary N) is 1. The highest BCUT2D eigenvalue weighted by Crippen LogP contribution is 2.33. The first-order valence-electron chi connectivity index (χ1n) is 4.76. The van der Waals surface area contributed by atoms with Crippen molar-refractivity contribution in [2.24, 2.45) is 0 Å². The molecule has 0 radical (unpaired) electrons. The third-order valence-corrected chi connectivity index (χ3v) is 2.87. The zero-order chi connectivity index (χ0) is 7.57. The zero-order valence-corrected chi connectivity index (χ0v) is 7.07. The fourth-order valence-electron chi connectivity index (χ4n) is 2.19. The van der Waals surface area contributed by atoms with Crippen LogP contribution >= 0.6 is 0 Å². The molecule has 1 spiro atoms. The molecule has 1 saturated carbocycles. The van der Waals surface area contributed by atoms with Crippen molar-refractivity contribution in [3.63, 3.8) is 0 Å². The molecule has 0 aromatic heterocycles. The zero-order valence-electron chi connectivity index (χ0n) is 7.07. The van der Waals surface area contributed by atoms with E-state index in [2.05, 4.69) is 5.32 Å². The van der Waals surface area contributed by atoms with Crippen LogP contribution in [0.3, 0.4) is 0 Å². The van der Waals surface area contributed by atoms with Crippen molar-refractivity contribution in [1.82, 2.24) is 5.32 Å². The number of ether oxygens (including phenoxy) is 1. The maximum absolute atomic E-state index is 5.89. The van der Waals surface area contributed by atoms with Crippen molar-refractivity contribution < 1.29 is 4.74 Å². The van der Waals surface area contributed by atoms with Crippen LogP contribution in [0, 0.1) is 0 Å². The Bertz CT molecular complexity index is 120. The first-order chi connectivity index (χ1) is 5.41. The predicted molar refractivity (Wildman–Crippen MR) is 44.6 cm³/mol. The quantitative estimate of drug-likeness (QED) is 0.569. The molecule has 1 heterocycles. The third kappa shape index (κ3) is 1.57. The lowest BCUT2D eigenvalue weighted by Crippen LogP contribution is -2.38. The van der Waals surface area contributed by atoms with Gasteiger partial charge in [-0.25, -0.2) is 0 Å². The molecule has 2 rings (SSSR count). The summed E-state index contributed by atoms with van der Waals surface area (Å²) in [6.07, 6.45) is 6.46. The molecule has 64 valence electrons. The fourth-order valence-corrected chi connectivity index (χ4v) is 2.19. The van der Waals surface area contributed by atoms with Gasteiger partial charge in [0, 0.05) is 13.2 Å². The second-order valence-electron chi connectivity index (χ2n) is 3.77. The molecule has 2 fully saturated rings. The van der Waals surface area contributed by atoms with Gasteiger partial charge in [0.2, 0.25) is 0 Å². The average molecular weight is 155 g/mol. The van der Waals surface area contributed by atoms with Crippen LogP contribution in [-0.2, 0) is 4.74 Å². The molecule has 2 aliphatic rings. The van der Waals surface area contributed by atoms with Crippen LogP contribution in [0.25, 0.3) is 0 Å². The summed E-state index contributed by atoms with van der Waals surface area (Å²) in [7, 11) is 0. The average Bonchev–Trinajstić information content (AvgIpc) is 2.32. The number of hydrogen-bond donors (Lipinski definition) is 1. The summed E-state index contributed by atoms with van der Waals surface area (Å²) in [4.78, 5) is 0. The Morgan fingerprint density at radius 1 is 1.09 bits per heavy atom. The van der Waals surface area contributed by atoms with Crippen molar-refractivity contribution in [1.29, 1.82) is 0 Å². The molecule has 11 heavy (non-hydrogen) atoms. The lowest BCUT2D eigenvalue weighted by molar-refractivity contribution is -0.0276. The van der Waals surface area contributed by atoms with Crippen LogP contribution in [0.4, 0.5) is 0 Å². The van der Waals surface area contributed by atoms with Crippen LogP contribution in [0.1, 0.15) is 32.1 Å². The Hall–Kier alpha value is -0.0800. The Kier molecular flexibility index (Phi) is 2.14. The summed E-state index contributed by atoms with van der Waals surface area (Å²) >= 11 is 0. The van der Waals surface area contributed by atoms with Gasteiger partial charge in [-0.2, -0.15) is 0 Å². The molecule has 0 aromatic rings. The second-order valence-corrected chi connectivity index (χ2v) is 3.77. The van der Waals surface area contributed by atoms with Crippen LogP contribution in [0.2, 0.25) is 0 Å². The highest BCUT2D eigenvalue weighted by molar-refractivity contribution is 4.89. The van der Waals surface area contributed by atoms with Crippen molar-refractivity contribution in [3.8, 4) is 0 Å². The largest absolute Gasteiger partial charge is 0.374 e. The van der Waals surface area contributed by atoms with Crippen LogP contribution in [-0.4, -0.2) is 25.3 Å². The standard InChI is InChI=1S/C9H17NO/c1-2-5-9(4-1)8-10-6-3-7-11-9/h10H,1-8H2. The van der Waals surface area contributed by atoms with Gasteiger partial charge in [0.1, 0.15) is 0 Å². The van der Waals surface area contributed by atoms with Crippen LogP contribution < -0.4 is 5.32 Å². The molecule has 1 N–H and O–H groups in total. The molecule has 1 saturated heterocycles. The second kappa shape index (κ2) is 3.11. The summed E-state index contributed by atoms with van der Waals surface area (Å²) in [5, 5.41) is 3.46. The van der Waals surface area contributed by atoms with Crippen LogP contribution in [0.5, 0.6) is 0 Å². The molecular weight excluding hydrogens is 138 g/mol. The van der Waals surface area contributed by atoms with Crippen LogP contribution in [0.15, 0.2) is 0 Å². The number of hydrogen-bond acceptors (Lipinski definition) is 2. The minimum absolute atomic E-state index is 0.247. The van der Waals surface area contributed by atoms with E-state index in [0.717, 1.165) is 19.7 Å². The predicted octanol–water partition coefficient (Wildman–Crippen LogP) is 1.31. The van der Waals surface area contributed by atoms with E-state index >= 15 is 0 Å². The smallest absolute Gasteiger partial charge is 0.0806 e. The first kappa shape index (κ1) is 7.56. The SMILES string of the molecule is C1CNCC2(CCCC2)OC1. The molecule has 0 unspecified atom stereocenters. The topological polar surface area (TPSA) is 21.3 Å². The van der Waals surface area contributed by atoms with Gasteiger partial charge in [0.15, 0.2) is 0 Å². The minimum Gasteiger partial charge on any atom is -0.374 e. The summed E-state index contributed by atoms with van der Waals surface area (Å²) in [6.45, 7) is 3.20. The highest BCUT2D eigenvalue weighted by Gasteiger charge is 2.35. The molecule has 0 amide bonds. The Morgan fingerprint density at radius 3 is 2.73 bits per heavy atom. The van der Waals surface area contributed by atoms with E-state index < -0.39 is 0 Å². The Morgan fingerprint density at radius 2 is 1.91 bits per heavy atom. The van der Waals surface area contributed by atoms with Gasteiger partial charge in [-0.15, -0.1) is 0 Å². The molecule has 2 heteroatoms. The lowest BCUT2D eigenvalue weighted by atomic mass is 10.0. The maximum Gasteiger partial charge on any atom is 0.0806 e. The van der Waals surface area contributed by atoms with Crippen molar-refractivity contribution in [3.05, 3.63) is 0 Å². The molecule has 0 bridgehead atoms. The molecular formula is C9H17NO. The van der Waals surface area contributed by atoms with Crippen molar-refractivity contribution in [2.45, 2.75) is 37.7 Å². The van der Waals surface area contributed by atoms with Crippen molar-refractivity contribution in [2.75, 3.05) is 19.7 Å². The van der Waals surface area contributed by atoms with E-state index in [0.29, 0.717) is 0 Å². The van der Waals surface area contributed by atoms with Crippen molar-refractivity contribution >= 4 is 0 Å². The summed E-state index contributed by atoms with van der Waals surface area (Å²) in [5.41, 5.74) is 0.247. The summed E-state index contributed by atoms with van der Waals surface area (Å²) in [6, 6.07) is 0. The van der Waals surface area contributed by atoms with E-state index in [4.69, 9.17) is 4.74 Å². The van der Waals surface area contributed by atoms with E-state index in [1.54, 1.807) is 0 Å². The monoisotopic (exact) mass is 155 g/mol.